The summed E-state index contributed by atoms with van der Waals surface area (Å²) in [4.78, 5) is 17.2. The highest BCUT2D eigenvalue weighted by Gasteiger charge is 2.49. The van der Waals surface area contributed by atoms with E-state index in [1.807, 2.05) is 38.1 Å². The number of anilines is 1. The average Bonchev–Trinajstić information content (AvgIpc) is 2.64. The zero-order chi connectivity index (χ0) is 21.6. The molecule has 0 unspecified atom stereocenters. The largest absolute Gasteiger partial charge is 0.432 e. The molecule has 3 rings (SSSR count). The van der Waals surface area contributed by atoms with E-state index in [1.54, 1.807) is 6.92 Å². The van der Waals surface area contributed by atoms with Crippen molar-refractivity contribution in [3.63, 3.8) is 0 Å². The van der Waals surface area contributed by atoms with Crippen molar-refractivity contribution in [2.45, 2.75) is 52.6 Å². The molecule has 1 amide bonds. The summed E-state index contributed by atoms with van der Waals surface area (Å²) in [5, 5.41) is 2.71. The molecule has 1 fully saturated rings. The number of carbonyl (C=O) groups excluding carboxylic acids is 1. The fraction of sp³-hybridized carbons (Fsp3) is 0.455. The van der Waals surface area contributed by atoms with Gasteiger partial charge in [0.1, 0.15) is 11.1 Å². The molecule has 5 nitrogen and oxygen atoms in total. The summed E-state index contributed by atoms with van der Waals surface area (Å²) >= 11 is 0. The fourth-order valence-electron chi connectivity index (χ4n) is 3.22. The summed E-state index contributed by atoms with van der Waals surface area (Å²) in [5.41, 5.74) is 1.70. The second-order valence-electron chi connectivity index (χ2n) is 6.97. The Labute approximate surface area is 170 Å². The molecule has 1 saturated heterocycles. The molecule has 0 atom stereocenters. The number of benzene rings is 1. The molecular formula is C22H28F2N2O3. The van der Waals surface area contributed by atoms with Crippen molar-refractivity contribution in [2.24, 2.45) is 0 Å². The van der Waals surface area contributed by atoms with E-state index in [0.717, 1.165) is 11.1 Å². The number of aryl methyl sites for hydroxylation is 1. The normalized spacial score (nSPS) is 14.7. The first-order valence-corrected chi connectivity index (χ1v) is 9.73. The maximum absolute atomic E-state index is 13.2. The molecule has 0 aliphatic carbocycles. The lowest BCUT2D eigenvalue weighted by molar-refractivity contribution is -0.139. The lowest BCUT2D eigenvalue weighted by Gasteiger charge is -2.41. The Bertz CT molecular complexity index is 837. The minimum atomic E-state index is -3.00. The van der Waals surface area contributed by atoms with E-state index in [0.29, 0.717) is 5.69 Å². The fourth-order valence-corrected chi connectivity index (χ4v) is 3.22. The molecule has 2 aromatic rings. The van der Waals surface area contributed by atoms with E-state index in [2.05, 4.69) is 28.9 Å². The van der Waals surface area contributed by atoms with Crippen LogP contribution < -0.4 is 10.1 Å². The van der Waals surface area contributed by atoms with Crippen molar-refractivity contribution in [1.82, 2.24) is 4.98 Å². The van der Waals surface area contributed by atoms with E-state index >= 15 is 0 Å². The van der Waals surface area contributed by atoms with Crippen LogP contribution in [0.5, 0.6) is 5.75 Å². The van der Waals surface area contributed by atoms with Gasteiger partial charge in [-0.25, -0.2) is 0 Å². The Morgan fingerprint density at radius 3 is 2.45 bits per heavy atom. The van der Waals surface area contributed by atoms with E-state index in [-0.39, 0.29) is 36.5 Å². The number of pyridine rings is 1. The second kappa shape index (κ2) is 9.78. The first-order valence-electron chi connectivity index (χ1n) is 9.73. The first-order chi connectivity index (χ1) is 13.8. The third-order valence-electron chi connectivity index (χ3n) is 4.70. The third-order valence-corrected chi connectivity index (χ3v) is 4.70. The lowest BCUT2D eigenvalue weighted by Crippen LogP contribution is -2.56. The molecule has 1 N–H and O–H groups in total. The Morgan fingerprint density at radius 1 is 1.24 bits per heavy atom. The average molecular weight is 406 g/mol. The van der Waals surface area contributed by atoms with Gasteiger partial charge in [-0.15, -0.1) is 0 Å². The molecule has 1 aliphatic rings. The van der Waals surface area contributed by atoms with Crippen molar-refractivity contribution >= 4 is 11.6 Å². The number of amides is 1. The number of rotatable bonds is 6. The molecule has 0 spiro atoms. The third kappa shape index (κ3) is 4.90. The molecule has 0 bridgehead atoms. The number of hydrogen-bond acceptors (Lipinski definition) is 4. The van der Waals surface area contributed by atoms with Crippen molar-refractivity contribution < 1.29 is 23.0 Å². The van der Waals surface area contributed by atoms with Crippen molar-refractivity contribution in [2.75, 3.05) is 18.5 Å². The molecule has 1 aromatic heterocycles. The molecule has 7 heteroatoms. The summed E-state index contributed by atoms with van der Waals surface area (Å²) in [7, 11) is 0. The van der Waals surface area contributed by atoms with Gasteiger partial charge in [-0.2, -0.15) is 8.78 Å². The highest BCUT2D eigenvalue weighted by Crippen LogP contribution is 2.39. The van der Waals surface area contributed by atoms with Gasteiger partial charge < -0.3 is 14.8 Å². The van der Waals surface area contributed by atoms with Crippen LogP contribution in [0.15, 0.2) is 36.5 Å². The van der Waals surface area contributed by atoms with Crippen molar-refractivity contribution in [3.05, 3.63) is 53.3 Å². The zero-order valence-electron chi connectivity index (χ0n) is 17.5. The zero-order valence-corrected chi connectivity index (χ0v) is 17.5. The van der Waals surface area contributed by atoms with Crippen molar-refractivity contribution in [1.29, 1.82) is 0 Å². The molecule has 0 radical (unpaired) electrons. The van der Waals surface area contributed by atoms with Crippen LogP contribution in [0, 0.1) is 6.92 Å². The number of nitrogens with zero attached hydrogens (tertiary/aromatic N) is 1. The van der Waals surface area contributed by atoms with Crippen LogP contribution in [0.4, 0.5) is 14.5 Å². The van der Waals surface area contributed by atoms with Crippen LogP contribution in [-0.2, 0) is 14.9 Å². The van der Waals surface area contributed by atoms with Gasteiger partial charge in [0.2, 0.25) is 5.91 Å². The summed E-state index contributed by atoms with van der Waals surface area (Å²) in [5.74, 6) is -0.213. The van der Waals surface area contributed by atoms with Gasteiger partial charge in [-0.1, -0.05) is 52.0 Å². The van der Waals surface area contributed by atoms with Gasteiger partial charge >= 0.3 is 6.61 Å². The number of nitrogens with one attached hydrogen (secondary N) is 1. The molecule has 2 heterocycles. The van der Waals surface area contributed by atoms with Crippen LogP contribution in [-0.4, -0.2) is 30.7 Å². The summed E-state index contributed by atoms with van der Waals surface area (Å²) in [6.07, 6.45) is 1.33. The van der Waals surface area contributed by atoms with Gasteiger partial charge in [0.05, 0.1) is 19.4 Å². The number of ether oxygens (including phenoxy) is 2. The number of hydrogen-bond donors (Lipinski definition) is 1. The quantitative estimate of drug-likeness (QED) is 0.729. The number of halogens is 2. The van der Waals surface area contributed by atoms with Crippen LogP contribution >= 0.6 is 0 Å². The van der Waals surface area contributed by atoms with E-state index in [9.17, 15) is 13.6 Å². The van der Waals surface area contributed by atoms with E-state index < -0.39 is 12.0 Å². The lowest BCUT2D eigenvalue weighted by atomic mass is 9.73. The highest BCUT2D eigenvalue weighted by atomic mass is 19.3. The maximum Gasteiger partial charge on any atom is 0.387 e. The van der Waals surface area contributed by atoms with Gasteiger partial charge in [0.15, 0.2) is 5.75 Å². The number of alkyl halides is 2. The summed E-state index contributed by atoms with van der Waals surface area (Å²) < 4.78 is 35.3. The van der Waals surface area contributed by atoms with Crippen LogP contribution in [0.2, 0.25) is 0 Å². The monoisotopic (exact) mass is 406 g/mol. The van der Waals surface area contributed by atoms with E-state index in [1.165, 1.54) is 12.3 Å². The standard InChI is InChI=1S/C20H22F2N2O3.C2H6/c1-12(2)14-6-4-5-7-15(14)20(10-26-11-20)18(25)24-16-9-23-13(3)8-17(16)27-19(21)22;1-2/h4-9,12,19H,10-11H2,1-3H3,(H,24,25);1-2H3. The Morgan fingerprint density at radius 2 is 1.90 bits per heavy atom. The van der Waals surface area contributed by atoms with Crippen molar-refractivity contribution in [3.8, 4) is 5.75 Å². The topological polar surface area (TPSA) is 60.5 Å². The molecule has 158 valence electrons. The Kier molecular flexibility index (Phi) is 7.67. The number of aromatic nitrogens is 1. The van der Waals surface area contributed by atoms with Gasteiger partial charge in [0.25, 0.3) is 0 Å². The van der Waals surface area contributed by atoms with Gasteiger partial charge in [-0.3, -0.25) is 9.78 Å². The molecule has 1 aromatic carbocycles. The van der Waals surface area contributed by atoms with Crippen LogP contribution in [0.3, 0.4) is 0 Å². The molecular weight excluding hydrogens is 378 g/mol. The van der Waals surface area contributed by atoms with Gasteiger partial charge in [-0.05, 0) is 24.0 Å². The SMILES string of the molecule is CC.Cc1cc(OC(F)F)c(NC(=O)C2(c3ccccc3C(C)C)COC2)cn1. The molecule has 1 aliphatic heterocycles. The molecule has 29 heavy (non-hydrogen) atoms. The minimum absolute atomic E-state index is 0.110. The van der Waals surface area contributed by atoms with Crippen LogP contribution in [0.25, 0.3) is 0 Å². The predicted octanol–water partition coefficient (Wildman–Crippen LogP) is 5.05. The summed E-state index contributed by atoms with van der Waals surface area (Å²) in [6, 6.07) is 9.09. The second-order valence-corrected chi connectivity index (χ2v) is 6.97. The molecule has 0 saturated carbocycles. The Hall–Kier alpha value is -2.54. The minimum Gasteiger partial charge on any atom is -0.432 e. The van der Waals surface area contributed by atoms with Crippen LogP contribution in [0.1, 0.15) is 50.4 Å². The first kappa shape index (κ1) is 22.7. The van der Waals surface area contributed by atoms with E-state index in [4.69, 9.17) is 4.74 Å². The number of carbonyl (C=O) groups is 1. The smallest absolute Gasteiger partial charge is 0.387 e. The maximum atomic E-state index is 13.2. The highest BCUT2D eigenvalue weighted by molar-refractivity contribution is 6.01. The van der Waals surface area contributed by atoms with Gasteiger partial charge in [0, 0.05) is 11.8 Å². The predicted molar refractivity (Wildman–Crippen MR) is 109 cm³/mol. The Balaban J connectivity index is 0.00000145. The summed E-state index contributed by atoms with van der Waals surface area (Å²) in [6.45, 7) is 7.24.